The van der Waals surface area contributed by atoms with Crippen molar-refractivity contribution in [3.8, 4) is 5.69 Å². The third-order valence-corrected chi connectivity index (χ3v) is 5.44. The molecule has 2 heterocycles. The van der Waals surface area contributed by atoms with Crippen LogP contribution in [0.3, 0.4) is 0 Å². The topological polar surface area (TPSA) is 79.9 Å². The second-order valence-corrected chi connectivity index (χ2v) is 7.88. The fourth-order valence-corrected chi connectivity index (χ4v) is 3.95. The molecule has 1 saturated heterocycles. The predicted molar refractivity (Wildman–Crippen MR) is 107 cm³/mol. The SMILES string of the molecule is CN(C)N1C(=O)CSC1=Nc1cc(-n2c(=O)cc(C(F)(F)F)n(C)c2=O)c(F)cc1Cl. The van der Waals surface area contributed by atoms with Crippen LogP contribution >= 0.6 is 23.4 Å². The fraction of sp³-hybridized carbons (Fsp3) is 0.294. The number of rotatable bonds is 3. The van der Waals surface area contributed by atoms with E-state index in [4.69, 9.17) is 11.6 Å². The van der Waals surface area contributed by atoms with Gasteiger partial charge in [0.25, 0.3) is 11.5 Å². The van der Waals surface area contributed by atoms with Crippen LogP contribution in [0.4, 0.5) is 23.2 Å². The summed E-state index contributed by atoms with van der Waals surface area (Å²) in [4.78, 5) is 41.0. The molecule has 0 bridgehead atoms. The van der Waals surface area contributed by atoms with Crippen LogP contribution in [-0.4, -0.2) is 50.1 Å². The molecule has 0 N–H and O–H groups in total. The Morgan fingerprint density at radius 1 is 1.16 bits per heavy atom. The Morgan fingerprint density at radius 3 is 2.39 bits per heavy atom. The molecule has 1 aliphatic heterocycles. The Balaban J connectivity index is 2.21. The summed E-state index contributed by atoms with van der Waals surface area (Å²) < 4.78 is 54.2. The van der Waals surface area contributed by atoms with Gasteiger partial charge in [-0.05, 0) is 12.1 Å². The minimum Gasteiger partial charge on any atom is -0.292 e. The van der Waals surface area contributed by atoms with Crippen molar-refractivity contribution in [3.05, 3.63) is 55.6 Å². The summed E-state index contributed by atoms with van der Waals surface area (Å²) in [5.41, 5.74) is -4.98. The van der Waals surface area contributed by atoms with Gasteiger partial charge in [0.15, 0.2) is 5.17 Å². The molecule has 0 aliphatic carbocycles. The zero-order chi connectivity index (χ0) is 23.2. The molecule has 0 radical (unpaired) electrons. The number of benzene rings is 1. The van der Waals surface area contributed by atoms with Gasteiger partial charge in [0.1, 0.15) is 11.5 Å². The number of thioether (sulfide) groups is 1. The second kappa shape index (κ2) is 8.13. The third kappa shape index (κ3) is 4.25. The monoisotopic (exact) mass is 479 g/mol. The van der Waals surface area contributed by atoms with E-state index in [9.17, 15) is 31.9 Å². The number of nitrogens with zero attached hydrogens (tertiary/aromatic N) is 5. The highest BCUT2D eigenvalue weighted by Gasteiger charge is 2.35. The van der Waals surface area contributed by atoms with Crippen molar-refractivity contribution < 1.29 is 22.4 Å². The van der Waals surface area contributed by atoms with Crippen molar-refractivity contribution in [1.82, 2.24) is 19.2 Å². The Kier molecular flexibility index (Phi) is 6.04. The lowest BCUT2D eigenvalue weighted by Crippen LogP contribution is -2.41. The average Bonchev–Trinajstić information content (AvgIpc) is 3.01. The summed E-state index contributed by atoms with van der Waals surface area (Å²) in [6.45, 7) is 0. The van der Waals surface area contributed by atoms with E-state index in [1.165, 1.54) is 10.0 Å². The Hall–Kier alpha value is -2.64. The van der Waals surface area contributed by atoms with Gasteiger partial charge in [-0.1, -0.05) is 23.4 Å². The standard InChI is InChI=1S/C17H14ClF4N5O3S/c1-24(2)27-14(29)7-31-15(27)23-10-5-11(9(19)4-8(10)18)26-13(28)6-12(17(20,21)22)25(3)16(26)30/h4-6H,7H2,1-3H3. The quantitative estimate of drug-likeness (QED) is 0.632. The highest BCUT2D eigenvalue weighted by atomic mass is 35.5. The average molecular weight is 480 g/mol. The summed E-state index contributed by atoms with van der Waals surface area (Å²) in [6.07, 6.45) is -4.95. The summed E-state index contributed by atoms with van der Waals surface area (Å²) >= 11 is 7.12. The van der Waals surface area contributed by atoms with Crippen LogP contribution < -0.4 is 11.2 Å². The maximum absolute atomic E-state index is 14.6. The molecule has 1 aliphatic rings. The zero-order valence-corrected chi connectivity index (χ0v) is 17.8. The summed E-state index contributed by atoms with van der Waals surface area (Å²) in [7, 11) is 4.01. The van der Waals surface area contributed by atoms with Gasteiger partial charge in [-0.2, -0.15) is 13.2 Å². The van der Waals surface area contributed by atoms with Gasteiger partial charge in [-0.15, -0.1) is 0 Å². The molecule has 8 nitrogen and oxygen atoms in total. The van der Waals surface area contributed by atoms with Crippen LogP contribution in [0.15, 0.2) is 32.8 Å². The van der Waals surface area contributed by atoms with Crippen LogP contribution in [0.1, 0.15) is 5.69 Å². The highest BCUT2D eigenvalue weighted by Crippen LogP contribution is 2.33. The van der Waals surface area contributed by atoms with Crippen molar-refractivity contribution in [2.75, 3.05) is 19.8 Å². The second-order valence-electron chi connectivity index (χ2n) is 6.53. The predicted octanol–water partition coefficient (Wildman–Crippen LogP) is 2.39. The van der Waals surface area contributed by atoms with E-state index < -0.39 is 34.6 Å². The van der Waals surface area contributed by atoms with Crippen molar-refractivity contribution in [2.24, 2.45) is 12.0 Å². The van der Waals surface area contributed by atoms with Gasteiger partial charge >= 0.3 is 11.9 Å². The van der Waals surface area contributed by atoms with Crippen molar-refractivity contribution in [1.29, 1.82) is 0 Å². The number of amides is 1. The lowest BCUT2D eigenvalue weighted by Gasteiger charge is -2.23. The number of aliphatic imine (C=N–C) groups is 1. The van der Waals surface area contributed by atoms with E-state index in [0.717, 1.165) is 30.9 Å². The molecule has 2 aromatic rings. The molecule has 0 atom stereocenters. The van der Waals surface area contributed by atoms with Crippen LogP contribution in [0.5, 0.6) is 0 Å². The number of hydrogen-bond acceptors (Lipinski definition) is 6. The van der Waals surface area contributed by atoms with Gasteiger partial charge in [0, 0.05) is 27.2 Å². The van der Waals surface area contributed by atoms with E-state index in [1.807, 2.05) is 0 Å². The van der Waals surface area contributed by atoms with Crippen LogP contribution in [-0.2, 0) is 18.0 Å². The number of aromatic nitrogens is 2. The minimum absolute atomic E-state index is 0.0871. The first-order valence-electron chi connectivity index (χ1n) is 8.44. The molecule has 166 valence electrons. The van der Waals surface area contributed by atoms with Gasteiger partial charge in [0.2, 0.25) is 0 Å². The van der Waals surface area contributed by atoms with E-state index in [0.29, 0.717) is 0 Å². The Bertz CT molecular complexity index is 1220. The van der Waals surface area contributed by atoms with Gasteiger partial charge < -0.3 is 0 Å². The zero-order valence-electron chi connectivity index (χ0n) is 16.2. The summed E-state index contributed by atoms with van der Waals surface area (Å²) in [5.74, 6) is -1.28. The van der Waals surface area contributed by atoms with Crippen molar-refractivity contribution in [3.63, 3.8) is 0 Å². The number of carbonyl (C=O) groups excluding carboxylic acids is 1. The number of hydrazine groups is 1. The molecule has 14 heteroatoms. The first-order chi connectivity index (χ1) is 14.3. The molecule has 0 saturated carbocycles. The van der Waals surface area contributed by atoms with Gasteiger partial charge in [0.05, 0.1) is 22.2 Å². The van der Waals surface area contributed by atoms with Crippen molar-refractivity contribution in [2.45, 2.75) is 6.18 Å². The van der Waals surface area contributed by atoms with Crippen LogP contribution in [0, 0.1) is 5.82 Å². The first kappa shape index (κ1) is 23.0. The number of hydrogen-bond donors (Lipinski definition) is 0. The molecule has 1 aromatic heterocycles. The molecule has 1 fully saturated rings. The molecule has 3 rings (SSSR count). The number of carbonyl (C=O) groups is 1. The summed E-state index contributed by atoms with van der Waals surface area (Å²) in [5, 5.41) is 2.73. The Morgan fingerprint density at radius 2 is 1.81 bits per heavy atom. The largest absolute Gasteiger partial charge is 0.431 e. The maximum Gasteiger partial charge on any atom is 0.431 e. The minimum atomic E-state index is -4.95. The molecule has 0 unspecified atom stereocenters. The normalized spacial score (nSPS) is 16.1. The molecular formula is C17H14ClF4N5O3S. The molecule has 0 spiro atoms. The van der Waals surface area contributed by atoms with E-state index in [1.54, 1.807) is 14.1 Å². The molecular weight excluding hydrogens is 466 g/mol. The molecule has 1 amide bonds. The lowest BCUT2D eigenvalue weighted by atomic mass is 10.2. The number of alkyl halides is 3. The number of amidine groups is 1. The lowest BCUT2D eigenvalue weighted by molar-refractivity contribution is -0.144. The van der Waals surface area contributed by atoms with E-state index >= 15 is 0 Å². The molecule has 1 aromatic carbocycles. The summed E-state index contributed by atoms with van der Waals surface area (Å²) in [6, 6.07) is 1.93. The van der Waals surface area contributed by atoms with E-state index in [-0.39, 0.29) is 42.7 Å². The highest BCUT2D eigenvalue weighted by molar-refractivity contribution is 8.15. The first-order valence-corrected chi connectivity index (χ1v) is 9.80. The fourth-order valence-electron chi connectivity index (χ4n) is 2.84. The van der Waals surface area contributed by atoms with E-state index in [2.05, 4.69) is 4.99 Å². The van der Waals surface area contributed by atoms with Crippen molar-refractivity contribution >= 4 is 40.1 Å². The van der Waals surface area contributed by atoms with Gasteiger partial charge in [-0.3, -0.25) is 14.2 Å². The smallest absolute Gasteiger partial charge is 0.292 e. The Labute approximate surface area is 181 Å². The van der Waals surface area contributed by atoms with Crippen LogP contribution in [0.2, 0.25) is 5.02 Å². The van der Waals surface area contributed by atoms with Gasteiger partial charge in [-0.25, -0.2) is 28.8 Å². The third-order valence-electron chi connectivity index (χ3n) is 4.23. The number of halogens is 5. The van der Waals surface area contributed by atoms with Crippen LogP contribution in [0.25, 0.3) is 5.69 Å². The maximum atomic E-state index is 14.6. The molecule has 31 heavy (non-hydrogen) atoms.